The van der Waals surface area contributed by atoms with Gasteiger partial charge in [-0.1, -0.05) is 44.0 Å². The average Bonchev–Trinajstić information content (AvgIpc) is 2.38. The Hall–Kier alpha value is -0.820. The lowest BCUT2D eigenvalue weighted by atomic mass is 10.1. The summed E-state index contributed by atoms with van der Waals surface area (Å²) in [4.78, 5) is 0. The molecule has 2 aromatic carbocycles. The van der Waals surface area contributed by atoms with Crippen LogP contribution in [0.2, 0.25) is 0 Å². The van der Waals surface area contributed by atoms with Crippen molar-refractivity contribution in [2.24, 2.45) is 11.5 Å². The van der Waals surface area contributed by atoms with Crippen LogP contribution in [0.4, 0.5) is 8.78 Å². The van der Waals surface area contributed by atoms with Gasteiger partial charge in [-0.2, -0.15) is 0 Å². The van der Waals surface area contributed by atoms with Gasteiger partial charge in [0.25, 0.3) is 0 Å². The molecule has 2 atom stereocenters. The van der Waals surface area contributed by atoms with Gasteiger partial charge in [-0.15, -0.1) is 0 Å². The number of hydrogen-bond donors (Lipinski definition) is 2. The van der Waals surface area contributed by atoms with Crippen LogP contribution in [0.5, 0.6) is 0 Å². The lowest BCUT2D eigenvalue weighted by molar-refractivity contribution is 0.624. The fourth-order valence-corrected chi connectivity index (χ4v) is 3.17. The van der Waals surface area contributed by atoms with Crippen LogP contribution in [-0.2, 0) is 0 Å². The van der Waals surface area contributed by atoms with Crippen molar-refractivity contribution in [2.75, 3.05) is 0 Å². The van der Waals surface area contributed by atoms with Crippen LogP contribution >= 0.6 is 31.9 Å². The lowest BCUT2D eigenvalue weighted by Gasteiger charge is -2.07. The molecule has 0 heterocycles. The predicted molar refractivity (Wildman–Crippen MR) is 93.4 cm³/mol. The molecule has 22 heavy (non-hydrogen) atoms. The summed E-state index contributed by atoms with van der Waals surface area (Å²) in [5.74, 6) is -0.498. The van der Waals surface area contributed by atoms with Crippen LogP contribution in [0.1, 0.15) is 37.1 Å². The third-order valence-electron chi connectivity index (χ3n) is 2.91. The second kappa shape index (κ2) is 8.72. The summed E-state index contributed by atoms with van der Waals surface area (Å²) in [7, 11) is 0. The molecule has 0 fully saturated rings. The Morgan fingerprint density at radius 3 is 1.32 bits per heavy atom. The van der Waals surface area contributed by atoms with E-state index < -0.39 is 0 Å². The highest BCUT2D eigenvalue weighted by molar-refractivity contribution is 9.10. The third kappa shape index (κ3) is 5.76. The van der Waals surface area contributed by atoms with Gasteiger partial charge in [-0.05, 0) is 49.2 Å². The highest BCUT2D eigenvalue weighted by Crippen LogP contribution is 2.23. The van der Waals surface area contributed by atoms with Crippen LogP contribution in [0.15, 0.2) is 45.3 Å². The van der Waals surface area contributed by atoms with Gasteiger partial charge in [0.2, 0.25) is 0 Å². The van der Waals surface area contributed by atoms with Crippen LogP contribution in [0.3, 0.4) is 0 Å². The first-order valence-electron chi connectivity index (χ1n) is 6.63. The van der Waals surface area contributed by atoms with E-state index in [9.17, 15) is 8.78 Å². The molecule has 0 amide bonds. The molecule has 0 aliphatic heterocycles. The summed E-state index contributed by atoms with van der Waals surface area (Å²) in [6, 6.07) is 8.88. The quantitative estimate of drug-likeness (QED) is 0.679. The smallest absolute Gasteiger partial charge is 0.124 e. The fraction of sp³-hybridized carbons (Fsp3) is 0.250. The van der Waals surface area contributed by atoms with E-state index in [0.29, 0.717) is 0 Å². The molecule has 2 rings (SSSR count). The summed E-state index contributed by atoms with van der Waals surface area (Å²) < 4.78 is 26.5. The normalized spacial score (nSPS) is 13.1. The van der Waals surface area contributed by atoms with Crippen LogP contribution in [0, 0.1) is 11.6 Å². The van der Waals surface area contributed by atoms with Crippen molar-refractivity contribution in [3.05, 3.63) is 68.1 Å². The van der Waals surface area contributed by atoms with Crippen molar-refractivity contribution in [1.29, 1.82) is 0 Å². The SMILES string of the molecule is CC(N)c1ccc(F)cc1Br.CC(N)c1ccc(F)cc1Br. The van der Waals surface area contributed by atoms with E-state index in [4.69, 9.17) is 11.5 Å². The van der Waals surface area contributed by atoms with E-state index in [0.717, 1.165) is 20.1 Å². The topological polar surface area (TPSA) is 52.0 Å². The minimum absolute atomic E-state index is 0.0648. The molecular formula is C16H18Br2F2N2. The molecule has 0 aliphatic rings. The maximum atomic E-state index is 12.5. The largest absolute Gasteiger partial charge is 0.324 e. The molecule has 0 spiro atoms. The van der Waals surface area contributed by atoms with Gasteiger partial charge in [0.05, 0.1) is 0 Å². The molecule has 4 N–H and O–H groups in total. The van der Waals surface area contributed by atoms with Gasteiger partial charge in [0, 0.05) is 21.0 Å². The van der Waals surface area contributed by atoms with Crippen molar-refractivity contribution in [1.82, 2.24) is 0 Å². The summed E-state index contributed by atoms with van der Waals surface area (Å²) in [5.41, 5.74) is 13.1. The van der Waals surface area contributed by atoms with E-state index in [1.54, 1.807) is 12.1 Å². The van der Waals surface area contributed by atoms with Crippen molar-refractivity contribution < 1.29 is 8.78 Å². The Morgan fingerprint density at radius 2 is 1.09 bits per heavy atom. The zero-order chi connectivity index (χ0) is 16.9. The highest BCUT2D eigenvalue weighted by atomic mass is 79.9. The maximum absolute atomic E-state index is 12.5. The third-order valence-corrected chi connectivity index (χ3v) is 4.28. The van der Waals surface area contributed by atoms with Crippen LogP contribution in [-0.4, -0.2) is 0 Å². The van der Waals surface area contributed by atoms with Gasteiger partial charge in [-0.3, -0.25) is 0 Å². The second-order valence-electron chi connectivity index (χ2n) is 4.91. The highest BCUT2D eigenvalue weighted by Gasteiger charge is 2.05. The summed E-state index contributed by atoms with van der Waals surface area (Å²) in [6.45, 7) is 3.72. The maximum Gasteiger partial charge on any atom is 0.124 e. The molecule has 2 nitrogen and oxygen atoms in total. The van der Waals surface area contributed by atoms with E-state index in [1.807, 2.05) is 13.8 Å². The monoisotopic (exact) mass is 434 g/mol. The number of benzene rings is 2. The predicted octanol–water partition coefficient (Wildman–Crippen LogP) is 5.22. The zero-order valence-corrected chi connectivity index (χ0v) is 15.5. The van der Waals surface area contributed by atoms with Crippen LogP contribution < -0.4 is 11.5 Å². The molecule has 6 heteroatoms. The lowest BCUT2D eigenvalue weighted by Crippen LogP contribution is -2.05. The van der Waals surface area contributed by atoms with Crippen molar-refractivity contribution in [3.8, 4) is 0 Å². The van der Waals surface area contributed by atoms with Gasteiger partial charge >= 0.3 is 0 Å². The average molecular weight is 436 g/mol. The summed E-state index contributed by atoms with van der Waals surface area (Å²) in [6.07, 6.45) is 0. The molecule has 0 bridgehead atoms. The Labute approximate surface area is 146 Å². The summed E-state index contributed by atoms with van der Waals surface area (Å²) >= 11 is 6.46. The van der Waals surface area contributed by atoms with E-state index in [-0.39, 0.29) is 23.7 Å². The minimum atomic E-state index is -0.249. The molecule has 120 valence electrons. The Balaban J connectivity index is 0.000000220. The first kappa shape index (κ1) is 19.2. The molecule has 0 aliphatic carbocycles. The fourth-order valence-electron chi connectivity index (χ4n) is 1.74. The van der Waals surface area contributed by atoms with Gasteiger partial charge < -0.3 is 11.5 Å². The molecule has 0 saturated heterocycles. The number of nitrogens with two attached hydrogens (primary N) is 2. The molecule has 2 unspecified atom stereocenters. The van der Waals surface area contributed by atoms with Gasteiger partial charge in [-0.25, -0.2) is 8.78 Å². The Bertz CT molecular complexity index is 576. The standard InChI is InChI=1S/2C8H9BrFN/c2*1-5(11)7-3-2-6(10)4-8(7)9/h2*2-5H,11H2,1H3. The summed E-state index contributed by atoms with van der Waals surface area (Å²) in [5, 5.41) is 0. The van der Waals surface area contributed by atoms with Crippen molar-refractivity contribution in [3.63, 3.8) is 0 Å². The molecular weight excluding hydrogens is 418 g/mol. The van der Waals surface area contributed by atoms with Gasteiger partial charge in [0.1, 0.15) is 11.6 Å². The molecule has 0 radical (unpaired) electrons. The first-order valence-corrected chi connectivity index (χ1v) is 8.22. The second-order valence-corrected chi connectivity index (χ2v) is 6.62. The number of rotatable bonds is 2. The molecule has 2 aromatic rings. The van der Waals surface area contributed by atoms with Crippen molar-refractivity contribution >= 4 is 31.9 Å². The number of halogens is 4. The van der Waals surface area contributed by atoms with E-state index in [1.165, 1.54) is 24.3 Å². The Morgan fingerprint density at radius 1 is 0.773 bits per heavy atom. The molecule has 0 saturated carbocycles. The molecule has 0 aromatic heterocycles. The van der Waals surface area contributed by atoms with E-state index >= 15 is 0 Å². The first-order chi connectivity index (χ1) is 10.2. The number of hydrogen-bond acceptors (Lipinski definition) is 2. The zero-order valence-electron chi connectivity index (χ0n) is 12.3. The van der Waals surface area contributed by atoms with E-state index in [2.05, 4.69) is 31.9 Å². The van der Waals surface area contributed by atoms with Gasteiger partial charge in [0.15, 0.2) is 0 Å². The minimum Gasteiger partial charge on any atom is -0.324 e. The van der Waals surface area contributed by atoms with Crippen LogP contribution in [0.25, 0.3) is 0 Å². The Kier molecular flexibility index (Phi) is 7.62. The van der Waals surface area contributed by atoms with Crippen molar-refractivity contribution in [2.45, 2.75) is 25.9 Å².